The van der Waals surface area contributed by atoms with Gasteiger partial charge in [-0.3, -0.25) is 4.79 Å². The van der Waals surface area contributed by atoms with E-state index in [9.17, 15) is 4.79 Å². The Bertz CT molecular complexity index is 614. The first-order valence-electron chi connectivity index (χ1n) is 6.55. The molecule has 2 aromatic rings. The van der Waals surface area contributed by atoms with Crippen LogP contribution in [0.1, 0.15) is 13.8 Å². The highest BCUT2D eigenvalue weighted by atomic mass is 16.7. The van der Waals surface area contributed by atoms with Gasteiger partial charge in [0.2, 0.25) is 0 Å². The fraction of sp³-hybridized carbons (Fsp3) is 0.250. The summed E-state index contributed by atoms with van der Waals surface area (Å²) in [4.78, 5) is 15.9. The Labute approximate surface area is 118 Å². The van der Waals surface area contributed by atoms with Crippen LogP contribution in [0.3, 0.4) is 0 Å². The highest BCUT2D eigenvalue weighted by Crippen LogP contribution is 2.26. The lowest BCUT2D eigenvalue weighted by Crippen LogP contribution is -2.20. The zero-order valence-electron chi connectivity index (χ0n) is 11.6. The second-order valence-electron chi connectivity index (χ2n) is 4.19. The predicted octanol–water partition coefficient (Wildman–Crippen LogP) is 2.87. The maximum absolute atomic E-state index is 12.1. The number of nitrogens with zero attached hydrogens (tertiary/aromatic N) is 1. The van der Waals surface area contributed by atoms with Crippen molar-refractivity contribution in [2.45, 2.75) is 20.1 Å². The topological polar surface area (TPSA) is 48.4 Å². The molecular formula is C16H17NO3. The molecule has 1 aromatic heterocycles. The van der Waals surface area contributed by atoms with E-state index < -0.39 is 11.8 Å². The van der Waals surface area contributed by atoms with E-state index in [1.54, 1.807) is 13.0 Å². The quantitative estimate of drug-likeness (QED) is 0.785. The van der Waals surface area contributed by atoms with E-state index in [0.717, 1.165) is 5.56 Å². The highest BCUT2D eigenvalue weighted by Gasteiger charge is 2.13. The van der Waals surface area contributed by atoms with Crippen LogP contribution in [0, 0.1) is 0 Å². The van der Waals surface area contributed by atoms with Gasteiger partial charge in [0, 0.05) is 18.4 Å². The van der Waals surface area contributed by atoms with Crippen LogP contribution in [-0.4, -0.2) is 17.9 Å². The molecule has 1 unspecified atom stereocenters. The van der Waals surface area contributed by atoms with E-state index >= 15 is 0 Å². The molecule has 0 amide bonds. The molecule has 0 fully saturated rings. The van der Waals surface area contributed by atoms with Crippen LogP contribution in [0.4, 0.5) is 0 Å². The lowest BCUT2D eigenvalue weighted by Gasteiger charge is -2.15. The van der Waals surface area contributed by atoms with Crippen molar-refractivity contribution in [3.8, 4) is 16.9 Å². The molecule has 0 spiro atoms. The number of hydrogen-bond acceptors (Lipinski definition) is 4. The zero-order chi connectivity index (χ0) is 14.4. The summed E-state index contributed by atoms with van der Waals surface area (Å²) in [5, 5.41) is 0. The van der Waals surface area contributed by atoms with Gasteiger partial charge in [-0.25, -0.2) is 4.98 Å². The van der Waals surface area contributed by atoms with E-state index in [4.69, 9.17) is 9.47 Å². The zero-order valence-corrected chi connectivity index (χ0v) is 11.6. The molecule has 0 saturated heterocycles. The van der Waals surface area contributed by atoms with E-state index in [0.29, 0.717) is 12.2 Å². The lowest BCUT2D eigenvalue weighted by atomic mass is 10.1. The van der Waals surface area contributed by atoms with Gasteiger partial charge in [-0.15, -0.1) is 0 Å². The Kier molecular flexibility index (Phi) is 4.85. The third-order valence-electron chi connectivity index (χ3n) is 2.75. The molecule has 104 valence electrons. The second kappa shape index (κ2) is 6.82. The van der Waals surface area contributed by atoms with Crippen LogP contribution in [0.15, 0.2) is 53.5 Å². The van der Waals surface area contributed by atoms with Gasteiger partial charge in [0.15, 0.2) is 12.0 Å². The maximum Gasteiger partial charge on any atom is 0.312 e. The monoisotopic (exact) mass is 271 g/mol. The Morgan fingerprint density at radius 2 is 1.90 bits per heavy atom. The van der Waals surface area contributed by atoms with Crippen molar-refractivity contribution in [1.29, 1.82) is 0 Å². The summed E-state index contributed by atoms with van der Waals surface area (Å²) in [6.45, 7) is 4.15. The largest absolute Gasteiger partial charge is 0.459 e. The Morgan fingerprint density at radius 1 is 1.15 bits per heavy atom. The fourth-order valence-electron chi connectivity index (χ4n) is 1.89. The van der Waals surface area contributed by atoms with Crippen LogP contribution in [0.25, 0.3) is 11.1 Å². The Balaban J connectivity index is 2.49. The van der Waals surface area contributed by atoms with Gasteiger partial charge >= 0.3 is 5.56 Å². The molecule has 0 aliphatic carbocycles. The van der Waals surface area contributed by atoms with Crippen LogP contribution >= 0.6 is 0 Å². The van der Waals surface area contributed by atoms with E-state index in [-0.39, 0.29) is 5.75 Å². The molecule has 1 atom stereocenters. The number of rotatable bonds is 5. The van der Waals surface area contributed by atoms with Crippen molar-refractivity contribution in [3.05, 3.63) is 59.0 Å². The minimum absolute atomic E-state index is 0.210. The minimum atomic E-state index is -0.501. The maximum atomic E-state index is 12.1. The summed E-state index contributed by atoms with van der Waals surface area (Å²) in [5.41, 5.74) is 1.21. The van der Waals surface area contributed by atoms with Gasteiger partial charge in [-0.2, -0.15) is 0 Å². The van der Waals surface area contributed by atoms with Crippen molar-refractivity contribution < 1.29 is 9.47 Å². The smallest absolute Gasteiger partial charge is 0.312 e. The van der Waals surface area contributed by atoms with Gasteiger partial charge in [-0.05, 0) is 31.5 Å². The normalized spacial score (nSPS) is 11.9. The summed E-state index contributed by atoms with van der Waals surface area (Å²) < 4.78 is 11.0. The molecule has 0 radical (unpaired) electrons. The first-order valence-corrected chi connectivity index (χ1v) is 6.55. The van der Waals surface area contributed by atoms with Crippen molar-refractivity contribution in [2.75, 3.05) is 6.61 Å². The van der Waals surface area contributed by atoms with Crippen molar-refractivity contribution in [3.63, 3.8) is 0 Å². The average Bonchev–Trinajstić information content (AvgIpc) is 2.63. The summed E-state index contributed by atoms with van der Waals surface area (Å²) >= 11 is 0. The van der Waals surface area contributed by atoms with Crippen LogP contribution in [0.5, 0.6) is 5.75 Å². The van der Waals surface area contributed by atoms with Gasteiger partial charge in [-0.1, -0.05) is 30.3 Å². The van der Waals surface area contributed by atoms with E-state index in [1.807, 2.05) is 43.3 Å². The molecular weight excluding hydrogens is 254 g/mol. The van der Waals surface area contributed by atoms with Crippen molar-refractivity contribution >= 4 is 0 Å². The average molecular weight is 271 g/mol. The van der Waals surface area contributed by atoms with Crippen molar-refractivity contribution in [1.82, 2.24) is 4.98 Å². The summed E-state index contributed by atoms with van der Waals surface area (Å²) in [6.07, 6.45) is 0.965. The second-order valence-corrected chi connectivity index (χ2v) is 4.19. The van der Waals surface area contributed by atoms with Gasteiger partial charge in [0.25, 0.3) is 0 Å². The third kappa shape index (κ3) is 3.42. The molecule has 0 aliphatic heterocycles. The Hall–Kier alpha value is -2.20. The van der Waals surface area contributed by atoms with Gasteiger partial charge < -0.3 is 9.47 Å². The van der Waals surface area contributed by atoms with E-state index in [1.165, 1.54) is 6.20 Å². The number of aromatic nitrogens is 1. The van der Waals surface area contributed by atoms with Crippen molar-refractivity contribution in [2.24, 2.45) is 0 Å². The molecule has 1 heterocycles. The molecule has 0 saturated carbocycles. The van der Waals surface area contributed by atoms with Gasteiger partial charge in [0.1, 0.15) is 0 Å². The number of ether oxygens (including phenoxy) is 2. The molecule has 0 N–H and O–H groups in total. The predicted molar refractivity (Wildman–Crippen MR) is 77.7 cm³/mol. The molecule has 4 heteroatoms. The first kappa shape index (κ1) is 14.2. The third-order valence-corrected chi connectivity index (χ3v) is 2.75. The highest BCUT2D eigenvalue weighted by molar-refractivity contribution is 5.69. The molecule has 4 nitrogen and oxygen atoms in total. The molecule has 1 aromatic carbocycles. The number of hydrogen-bond donors (Lipinski definition) is 0. The van der Waals surface area contributed by atoms with Crippen LogP contribution in [-0.2, 0) is 4.74 Å². The summed E-state index contributed by atoms with van der Waals surface area (Å²) in [5.74, 6) is 0.210. The van der Waals surface area contributed by atoms with Crippen LogP contribution < -0.4 is 10.3 Å². The minimum Gasteiger partial charge on any atom is -0.459 e. The summed E-state index contributed by atoms with van der Waals surface area (Å²) in [7, 11) is 0. The first-order chi connectivity index (χ1) is 9.72. The Morgan fingerprint density at radius 3 is 2.60 bits per heavy atom. The molecule has 0 aliphatic rings. The standard InChI is InChI=1S/C16H17NO3/c1-3-19-12(2)20-15-14(10-7-11-17-16(15)18)13-8-5-4-6-9-13/h4-12H,3H2,1-2H3. The van der Waals surface area contributed by atoms with Crippen LogP contribution in [0.2, 0.25) is 0 Å². The lowest BCUT2D eigenvalue weighted by molar-refractivity contribution is -0.0617. The summed E-state index contributed by atoms with van der Waals surface area (Å²) in [6, 6.07) is 13.1. The fourth-order valence-corrected chi connectivity index (χ4v) is 1.89. The SMILES string of the molecule is CCOC(C)Oc1c(-c2ccccc2)cccnc1=O. The van der Waals surface area contributed by atoms with Gasteiger partial charge in [0.05, 0.1) is 0 Å². The van der Waals surface area contributed by atoms with E-state index in [2.05, 4.69) is 4.98 Å². The molecule has 2 rings (SSSR count). The number of benzene rings is 1. The molecule has 20 heavy (non-hydrogen) atoms. The molecule has 0 bridgehead atoms.